The van der Waals surface area contributed by atoms with Crippen molar-refractivity contribution in [3.05, 3.63) is 70.6 Å². The molecule has 27 heavy (non-hydrogen) atoms. The standard InChI is InChI=1S/C24H27NO2/c1-4-18-9-10-20-15-21(11-12-22(18)20)26-14-13-23-17(3)27-24(25-23)19-7-5-16(2)6-8-19/h5-8,11-12,15,18H,4,9-10,13-14H2,1-3H3/t18-/m1/s1. The Balaban J connectivity index is 1.39. The third-order valence-corrected chi connectivity index (χ3v) is 5.61. The van der Waals surface area contributed by atoms with Crippen molar-refractivity contribution in [1.29, 1.82) is 0 Å². The van der Waals surface area contributed by atoms with Crippen molar-refractivity contribution < 1.29 is 9.15 Å². The van der Waals surface area contributed by atoms with Gasteiger partial charge in [-0.15, -0.1) is 0 Å². The molecule has 1 aromatic heterocycles. The van der Waals surface area contributed by atoms with Crippen LogP contribution in [-0.2, 0) is 12.8 Å². The Bertz CT molecular complexity index is 924. The van der Waals surface area contributed by atoms with Crippen molar-refractivity contribution in [2.24, 2.45) is 0 Å². The lowest BCUT2D eigenvalue weighted by molar-refractivity contribution is 0.319. The van der Waals surface area contributed by atoms with E-state index in [2.05, 4.69) is 61.3 Å². The number of hydrogen-bond donors (Lipinski definition) is 0. The number of aromatic nitrogens is 1. The van der Waals surface area contributed by atoms with Gasteiger partial charge in [0.05, 0.1) is 12.3 Å². The molecule has 0 radical (unpaired) electrons. The summed E-state index contributed by atoms with van der Waals surface area (Å²) in [5, 5.41) is 0. The topological polar surface area (TPSA) is 35.3 Å². The molecule has 140 valence electrons. The van der Waals surface area contributed by atoms with Gasteiger partial charge in [-0.2, -0.15) is 0 Å². The molecular weight excluding hydrogens is 334 g/mol. The molecule has 0 unspecified atom stereocenters. The Hall–Kier alpha value is -2.55. The van der Waals surface area contributed by atoms with Crippen LogP contribution in [0.1, 0.15) is 53.8 Å². The van der Waals surface area contributed by atoms with Crippen LogP contribution in [-0.4, -0.2) is 11.6 Å². The minimum atomic E-state index is 0.608. The Morgan fingerprint density at radius 3 is 2.70 bits per heavy atom. The number of aryl methyl sites for hydroxylation is 3. The van der Waals surface area contributed by atoms with E-state index in [4.69, 9.17) is 9.15 Å². The van der Waals surface area contributed by atoms with Gasteiger partial charge in [-0.1, -0.05) is 30.7 Å². The van der Waals surface area contributed by atoms with Gasteiger partial charge in [0.2, 0.25) is 5.89 Å². The first-order chi connectivity index (χ1) is 13.1. The normalized spacial score (nSPS) is 15.7. The van der Waals surface area contributed by atoms with E-state index >= 15 is 0 Å². The maximum absolute atomic E-state index is 6.01. The number of rotatable bonds is 6. The first-order valence-electron chi connectivity index (χ1n) is 9.93. The van der Waals surface area contributed by atoms with Crippen molar-refractivity contribution >= 4 is 0 Å². The molecule has 0 saturated heterocycles. The number of benzene rings is 2. The Morgan fingerprint density at radius 2 is 1.93 bits per heavy atom. The fourth-order valence-electron chi connectivity index (χ4n) is 3.94. The summed E-state index contributed by atoms with van der Waals surface area (Å²) in [6.45, 7) is 6.93. The lowest BCUT2D eigenvalue weighted by Crippen LogP contribution is -2.03. The third-order valence-electron chi connectivity index (χ3n) is 5.61. The predicted octanol–water partition coefficient (Wildman–Crippen LogP) is 6.02. The Kier molecular flexibility index (Phi) is 5.02. The summed E-state index contributed by atoms with van der Waals surface area (Å²) in [5.74, 6) is 3.25. The summed E-state index contributed by atoms with van der Waals surface area (Å²) in [4.78, 5) is 4.67. The molecule has 0 saturated carbocycles. The van der Waals surface area contributed by atoms with Crippen molar-refractivity contribution in [2.45, 2.75) is 52.4 Å². The van der Waals surface area contributed by atoms with Gasteiger partial charge in [0.25, 0.3) is 0 Å². The number of nitrogens with zero attached hydrogens (tertiary/aromatic N) is 1. The van der Waals surface area contributed by atoms with Crippen LogP contribution < -0.4 is 4.74 Å². The van der Waals surface area contributed by atoms with Crippen LogP contribution in [0.25, 0.3) is 11.5 Å². The third kappa shape index (κ3) is 3.78. The minimum Gasteiger partial charge on any atom is -0.493 e. The van der Waals surface area contributed by atoms with Crippen LogP contribution in [0.2, 0.25) is 0 Å². The fraction of sp³-hybridized carbons (Fsp3) is 0.375. The first kappa shape index (κ1) is 17.8. The summed E-state index contributed by atoms with van der Waals surface area (Å²) in [6.07, 6.45) is 4.42. The zero-order valence-electron chi connectivity index (χ0n) is 16.4. The molecule has 0 bridgehead atoms. The first-order valence-corrected chi connectivity index (χ1v) is 9.93. The quantitative estimate of drug-likeness (QED) is 0.538. The summed E-state index contributed by atoms with van der Waals surface area (Å²) in [5.41, 5.74) is 6.19. The van der Waals surface area contributed by atoms with E-state index < -0.39 is 0 Å². The minimum absolute atomic E-state index is 0.608. The van der Waals surface area contributed by atoms with Crippen LogP contribution in [0, 0.1) is 13.8 Å². The monoisotopic (exact) mass is 361 g/mol. The zero-order valence-corrected chi connectivity index (χ0v) is 16.4. The number of hydrogen-bond acceptors (Lipinski definition) is 3. The van der Waals surface area contributed by atoms with E-state index in [0.29, 0.717) is 12.5 Å². The van der Waals surface area contributed by atoms with Gasteiger partial charge in [-0.05, 0) is 74.4 Å². The van der Waals surface area contributed by atoms with Gasteiger partial charge in [-0.25, -0.2) is 4.98 Å². The van der Waals surface area contributed by atoms with Crippen LogP contribution in [0.5, 0.6) is 5.75 Å². The van der Waals surface area contributed by atoms with Gasteiger partial charge >= 0.3 is 0 Å². The maximum atomic E-state index is 6.01. The van der Waals surface area contributed by atoms with Crippen molar-refractivity contribution in [1.82, 2.24) is 4.98 Å². The van der Waals surface area contributed by atoms with Crippen LogP contribution in [0.4, 0.5) is 0 Å². The fourth-order valence-corrected chi connectivity index (χ4v) is 3.94. The molecule has 4 rings (SSSR count). The lowest BCUT2D eigenvalue weighted by Gasteiger charge is -2.10. The molecule has 2 aromatic carbocycles. The summed E-state index contributed by atoms with van der Waals surface area (Å²) in [7, 11) is 0. The van der Waals surface area contributed by atoms with E-state index in [-0.39, 0.29) is 0 Å². The molecule has 0 aliphatic heterocycles. The van der Waals surface area contributed by atoms with E-state index in [9.17, 15) is 0 Å². The van der Waals surface area contributed by atoms with Crippen molar-refractivity contribution in [3.8, 4) is 17.2 Å². The molecule has 0 N–H and O–H groups in total. The summed E-state index contributed by atoms with van der Waals surface area (Å²) in [6, 6.07) is 14.8. The lowest BCUT2D eigenvalue weighted by atomic mass is 9.99. The predicted molar refractivity (Wildman–Crippen MR) is 108 cm³/mol. The molecule has 3 heteroatoms. The van der Waals surface area contributed by atoms with Crippen molar-refractivity contribution in [2.75, 3.05) is 6.61 Å². The molecule has 0 fully saturated rings. The molecule has 3 aromatic rings. The highest BCUT2D eigenvalue weighted by Crippen LogP contribution is 2.37. The SMILES string of the molecule is CC[C@@H]1CCc2cc(OCCc3nc(-c4ccc(C)cc4)oc3C)ccc21. The zero-order chi connectivity index (χ0) is 18.8. The Morgan fingerprint density at radius 1 is 1.11 bits per heavy atom. The largest absolute Gasteiger partial charge is 0.493 e. The molecule has 0 amide bonds. The molecule has 3 nitrogen and oxygen atoms in total. The van der Waals surface area contributed by atoms with Gasteiger partial charge < -0.3 is 9.15 Å². The molecule has 1 aliphatic rings. The van der Waals surface area contributed by atoms with E-state index in [0.717, 1.165) is 35.1 Å². The molecule has 1 aliphatic carbocycles. The molecule has 1 atom stereocenters. The average Bonchev–Trinajstić information content (AvgIpc) is 3.25. The second-order valence-corrected chi connectivity index (χ2v) is 7.49. The van der Waals surface area contributed by atoms with Gasteiger partial charge in [0.1, 0.15) is 11.5 Å². The van der Waals surface area contributed by atoms with Crippen molar-refractivity contribution in [3.63, 3.8) is 0 Å². The van der Waals surface area contributed by atoms with Crippen LogP contribution in [0.15, 0.2) is 46.9 Å². The van der Waals surface area contributed by atoms with Gasteiger partial charge in [0, 0.05) is 12.0 Å². The highest BCUT2D eigenvalue weighted by Gasteiger charge is 2.21. The average molecular weight is 361 g/mol. The number of fused-ring (bicyclic) bond motifs is 1. The number of oxazole rings is 1. The highest BCUT2D eigenvalue weighted by atomic mass is 16.5. The summed E-state index contributed by atoms with van der Waals surface area (Å²) >= 11 is 0. The second kappa shape index (κ2) is 7.59. The number of ether oxygens (including phenoxy) is 1. The van der Waals surface area contributed by atoms with Crippen LogP contribution in [0.3, 0.4) is 0 Å². The second-order valence-electron chi connectivity index (χ2n) is 7.49. The Labute approximate surface area is 161 Å². The highest BCUT2D eigenvalue weighted by molar-refractivity contribution is 5.54. The van der Waals surface area contributed by atoms with Gasteiger partial charge in [0.15, 0.2) is 0 Å². The summed E-state index contributed by atoms with van der Waals surface area (Å²) < 4.78 is 11.9. The van der Waals surface area contributed by atoms with E-state index in [1.54, 1.807) is 0 Å². The van der Waals surface area contributed by atoms with Crippen LogP contribution >= 0.6 is 0 Å². The smallest absolute Gasteiger partial charge is 0.226 e. The van der Waals surface area contributed by atoms with E-state index in [1.807, 2.05) is 6.92 Å². The molecule has 1 heterocycles. The molecular formula is C24H27NO2. The molecule has 0 spiro atoms. The van der Waals surface area contributed by atoms with Gasteiger partial charge in [-0.3, -0.25) is 0 Å². The maximum Gasteiger partial charge on any atom is 0.226 e. The van der Waals surface area contributed by atoms with E-state index in [1.165, 1.54) is 36.0 Å².